The van der Waals surface area contributed by atoms with Gasteiger partial charge in [-0.25, -0.2) is 0 Å². The van der Waals surface area contributed by atoms with Crippen molar-refractivity contribution >= 4 is 11.6 Å². The van der Waals surface area contributed by atoms with Crippen molar-refractivity contribution in [3.05, 3.63) is 34.3 Å². The standard InChI is InChI=1S/C13H15ClN2/c1-16-6-4-10(5-7-16)11-2-3-13(14)12(8-11)9-15/h2-3,8,10H,4-7H2,1H3. The quantitative estimate of drug-likeness (QED) is 0.747. The molecular formula is C13H15ClN2. The van der Waals surface area contributed by atoms with Crippen molar-refractivity contribution < 1.29 is 0 Å². The molecule has 0 aromatic heterocycles. The van der Waals surface area contributed by atoms with Crippen LogP contribution in [0.25, 0.3) is 0 Å². The molecule has 0 atom stereocenters. The maximum atomic E-state index is 8.94. The van der Waals surface area contributed by atoms with Crippen LogP contribution >= 0.6 is 11.6 Å². The van der Waals surface area contributed by atoms with Crippen molar-refractivity contribution in [3.8, 4) is 6.07 Å². The first-order valence-corrected chi connectivity index (χ1v) is 5.96. The molecule has 0 amide bonds. The van der Waals surface area contributed by atoms with Gasteiger partial charge in [0.15, 0.2) is 0 Å². The molecule has 3 heteroatoms. The minimum absolute atomic E-state index is 0.555. The van der Waals surface area contributed by atoms with Crippen LogP contribution < -0.4 is 0 Å². The lowest BCUT2D eigenvalue weighted by atomic mass is 9.89. The Morgan fingerprint density at radius 2 is 2.06 bits per heavy atom. The topological polar surface area (TPSA) is 27.0 Å². The molecular weight excluding hydrogens is 220 g/mol. The molecule has 1 fully saturated rings. The lowest BCUT2D eigenvalue weighted by molar-refractivity contribution is 0.255. The molecule has 2 nitrogen and oxygen atoms in total. The molecule has 1 aliphatic heterocycles. The van der Waals surface area contributed by atoms with Crippen molar-refractivity contribution in [2.24, 2.45) is 0 Å². The zero-order valence-corrected chi connectivity index (χ0v) is 10.2. The molecule has 0 bridgehead atoms. The molecule has 1 aromatic rings. The predicted octanol–water partition coefficient (Wildman–Crippen LogP) is 3.02. The van der Waals surface area contributed by atoms with Crippen LogP contribution in [0.4, 0.5) is 0 Å². The third-order valence-electron chi connectivity index (χ3n) is 3.30. The number of rotatable bonds is 1. The fourth-order valence-electron chi connectivity index (χ4n) is 2.22. The predicted molar refractivity (Wildman–Crippen MR) is 65.6 cm³/mol. The van der Waals surface area contributed by atoms with Crippen molar-refractivity contribution in [1.82, 2.24) is 4.90 Å². The number of likely N-dealkylation sites (tertiary alicyclic amines) is 1. The van der Waals surface area contributed by atoms with E-state index >= 15 is 0 Å². The Morgan fingerprint density at radius 3 is 2.69 bits per heavy atom. The van der Waals surface area contributed by atoms with Gasteiger partial charge in [-0.1, -0.05) is 17.7 Å². The van der Waals surface area contributed by atoms with Crippen molar-refractivity contribution in [2.75, 3.05) is 20.1 Å². The van der Waals surface area contributed by atoms with E-state index in [0.717, 1.165) is 13.1 Å². The molecule has 2 rings (SSSR count). The summed E-state index contributed by atoms with van der Waals surface area (Å²) in [6.07, 6.45) is 2.34. The van der Waals surface area contributed by atoms with Crippen LogP contribution in [0.2, 0.25) is 5.02 Å². The van der Waals surface area contributed by atoms with E-state index in [-0.39, 0.29) is 0 Å². The van der Waals surface area contributed by atoms with Gasteiger partial charge in [-0.3, -0.25) is 0 Å². The van der Waals surface area contributed by atoms with Crippen LogP contribution in [0, 0.1) is 11.3 Å². The van der Waals surface area contributed by atoms with E-state index in [1.54, 1.807) is 0 Å². The molecule has 84 valence electrons. The first kappa shape index (κ1) is 11.4. The Hall–Kier alpha value is -1.04. The lowest BCUT2D eigenvalue weighted by Crippen LogP contribution is -2.29. The summed E-state index contributed by atoms with van der Waals surface area (Å²) in [4.78, 5) is 2.34. The normalized spacial score (nSPS) is 18.3. The Morgan fingerprint density at radius 1 is 1.38 bits per heavy atom. The number of nitrogens with zero attached hydrogens (tertiary/aromatic N) is 2. The zero-order chi connectivity index (χ0) is 11.5. The van der Waals surface area contributed by atoms with Gasteiger partial charge in [0.25, 0.3) is 0 Å². The second-order valence-corrected chi connectivity index (χ2v) is 4.84. The van der Waals surface area contributed by atoms with Crippen molar-refractivity contribution in [3.63, 3.8) is 0 Å². The molecule has 0 unspecified atom stereocenters. The Labute approximate surface area is 101 Å². The zero-order valence-electron chi connectivity index (χ0n) is 9.41. The lowest BCUT2D eigenvalue weighted by Gasteiger charge is -2.29. The average molecular weight is 235 g/mol. The smallest absolute Gasteiger partial charge is 0.101 e. The second kappa shape index (κ2) is 4.86. The van der Waals surface area contributed by atoms with Gasteiger partial charge in [0.05, 0.1) is 10.6 Å². The molecule has 1 heterocycles. The monoisotopic (exact) mass is 234 g/mol. The van der Waals surface area contributed by atoms with Crippen LogP contribution in [0.3, 0.4) is 0 Å². The van der Waals surface area contributed by atoms with Crippen LogP contribution in [0.15, 0.2) is 18.2 Å². The first-order valence-electron chi connectivity index (χ1n) is 5.59. The Kier molecular flexibility index (Phi) is 3.48. The molecule has 0 aliphatic carbocycles. The fourth-order valence-corrected chi connectivity index (χ4v) is 2.38. The SMILES string of the molecule is CN1CCC(c2ccc(Cl)c(C#N)c2)CC1. The highest BCUT2D eigenvalue weighted by molar-refractivity contribution is 6.31. The summed E-state index contributed by atoms with van der Waals surface area (Å²) < 4.78 is 0. The summed E-state index contributed by atoms with van der Waals surface area (Å²) in [5.41, 5.74) is 1.85. The highest BCUT2D eigenvalue weighted by Crippen LogP contribution is 2.29. The third-order valence-corrected chi connectivity index (χ3v) is 3.63. The summed E-state index contributed by atoms with van der Waals surface area (Å²) in [5.74, 6) is 0.584. The van der Waals surface area contributed by atoms with Crippen molar-refractivity contribution in [2.45, 2.75) is 18.8 Å². The summed E-state index contributed by atoms with van der Waals surface area (Å²) in [5, 5.41) is 9.50. The molecule has 16 heavy (non-hydrogen) atoms. The van der Waals surface area contributed by atoms with E-state index in [1.807, 2.05) is 12.1 Å². The van der Waals surface area contributed by atoms with Gasteiger partial charge in [0, 0.05) is 0 Å². The van der Waals surface area contributed by atoms with Crippen LogP contribution in [-0.2, 0) is 0 Å². The average Bonchev–Trinajstić information content (AvgIpc) is 2.31. The molecule has 1 aliphatic rings. The number of hydrogen-bond acceptors (Lipinski definition) is 2. The van der Waals surface area contributed by atoms with E-state index < -0.39 is 0 Å². The number of piperidine rings is 1. The van der Waals surface area contributed by atoms with E-state index in [2.05, 4.69) is 24.1 Å². The van der Waals surface area contributed by atoms with Gasteiger partial charge < -0.3 is 4.90 Å². The van der Waals surface area contributed by atoms with Crippen LogP contribution in [-0.4, -0.2) is 25.0 Å². The van der Waals surface area contributed by atoms with Gasteiger partial charge in [-0.15, -0.1) is 0 Å². The molecule has 0 saturated carbocycles. The fraction of sp³-hybridized carbons (Fsp3) is 0.462. The van der Waals surface area contributed by atoms with E-state index in [1.165, 1.54) is 18.4 Å². The summed E-state index contributed by atoms with van der Waals surface area (Å²) in [7, 11) is 2.15. The van der Waals surface area contributed by atoms with E-state index in [4.69, 9.17) is 16.9 Å². The molecule has 1 aromatic carbocycles. The van der Waals surface area contributed by atoms with Gasteiger partial charge in [-0.05, 0) is 56.6 Å². The minimum atomic E-state index is 0.555. The first-order chi connectivity index (χ1) is 7.70. The number of benzene rings is 1. The van der Waals surface area contributed by atoms with Crippen molar-refractivity contribution in [1.29, 1.82) is 5.26 Å². The van der Waals surface area contributed by atoms with Crippen LogP contribution in [0.5, 0.6) is 0 Å². The van der Waals surface area contributed by atoms with E-state index in [0.29, 0.717) is 16.5 Å². The number of halogens is 1. The summed E-state index contributed by atoms with van der Waals surface area (Å²) in [6, 6.07) is 7.98. The third kappa shape index (κ3) is 2.37. The van der Waals surface area contributed by atoms with Crippen LogP contribution in [0.1, 0.15) is 29.9 Å². The van der Waals surface area contributed by atoms with E-state index in [9.17, 15) is 0 Å². The van der Waals surface area contributed by atoms with Gasteiger partial charge in [0.1, 0.15) is 6.07 Å². The Bertz CT molecular complexity index is 414. The maximum Gasteiger partial charge on any atom is 0.101 e. The number of hydrogen-bond donors (Lipinski definition) is 0. The highest BCUT2D eigenvalue weighted by atomic mass is 35.5. The highest BCUT2D eigenvalue weighted by Gasteiger charge is 2.18. The molecule has 0 radical (unpaired) electrons. The maximum absolute atomic E-state index is 8.94. The summed E-state index contributed by atoms with van der Waals surface area (Å²) in [6.45, 7) is 2.27. The summed E-state index contributed by atoms with van der Waals surface area (Å²) >= 11 is 5.93. The van der Waals surface area contributed by atoms with Gasteiger partial charge >= 0.3 is 0 Å². The van der Waals surface area contributed by atoms with Gasteiger partial charge in [0.2, 0.25) is 0 Å². The molecule has 0 N–H and O–H groups in total. The Balaban J connectivity index is 2.18. The number of nitriles is 1. The second-order valence-electron chi connectivity index (χ2n) is 4.43. The largest absolute Gasteiger partial charge is 0.306 e. The molecule has 1 saturated heterocycles. The van der Waals surface area contributed by atoms with Gasteiger partial charge in [-0.2, -0.15) is 5.26 Å². The molecule has 0 spiro atoms. The minimum Gasteiger partial charge on any atom is -0.306 e.